The highest BCUT2D eigenvalue weighted by atomic mass is 16.6. The molecule has 0 aliphatic carbocycles. The van der Waals surface area contributed by atoms with Crippen molar-refractivity contribution in [2.75, 3.05) is 19.8 Å². The zero-order chi connectivity index (χ0) is 14.1. The van der Waals surface area contributed by atoms with Gasteiger partial charge in [0, 0.05) is 0 Å². The van der Waals surface area contributed by atoms with Crippen molar-refractivity contribution < 1.29 is 24.8 Å². The van der Waals surface area contributed by atoms with Crippen molar-refractivity contribution in [2.24, 2.45) is 0 Å². The normalized spacial score (nSPS) is 32.0. The summed E-state index contributed by atoms with van der Waals surface area (Å²) in [6.07, 6.45) is 5.34. The van der Waals surface area contributed by atoms with Crippen LogP contribution in [-0.2, 0) is 9.47 Å². The van der Waals surface area contributed by atoms with E-state index in [1.807, 2.05) is 6.08 Å². The third kappa shape index (κ3) is 5.58. The van der Waals surface area contributed by atoms with Crippen molar-refractivity contribution >= 4 is 0 Å². The van der Waals surface area contributed by atoms with Crippen molar-refractivity contribution in [3.05, 3.63) is 12.2 Å². The highest BCUT2D eigenvalue weighted by molar-refractivity contribution is 4.89. The average molecular weight is 274 g/mol. The van der Waals surface area contributed by atoms with Crippen LogP contribution in [0.15, 0.2) is 12.2 Å². The molecule has 1 aliphatic heterocycles. The zero-order valence-electron chi connectivity index (χ0n) is 11.6. The van der Waals surface area contributed by atoms with Gasteiger partial charge in [0.2, 0.25) is 0 Å². The van der Waals surface area contributed by atoms with Gasteiger partial charge in [0.05, 0.1) is 19.8 Å². The maximum Gasteiger partial charge on any atom is 0.114 e. The Morgan fingerprint density at radius 2 is 2.05 bits per heavy atom. The van der Waals surface area contributed by atoms with Crippen LogP contribution in [0.4, 0.5) is 0 Å². The number of aliphatic hydroxyl groups is 3. The van der Waals surface area contributed by atoms with Gasteiger partial charge in [0.25, 0.3) is 0 Å². The molecule has 0 aromatic heterocycles. The maximum atomic E-state index is 9.88. The number of hydrogen-bond donors (Lipinski definition) is 3. The maximum absolute atomic E-state index is 9.88. The molecule has 5 heteroatoms. The fraction of sp³-hybridized carbons (Fsp3) is 0.857. The summed E-state index contributed by atoms with van der Waals surface area (Å²) < 4.78 is 10.6. The summed E-state index contributed by atoms with van der Waals surface area (Å²) in [7, 11) is 0. The van der Waals surface area contributed by atoms with Crippen LogP contribution in [0.25, 0.3) is 0 Å². The number of ether oxygens (including phenoxy) is 2. The van der Waals surface area contributed by atoms with E-state index in [9.17, 15) is 10.2 Å². The van der Waals surface area contributed by atoms with Crippen LogP contribution in [-0.4, -0.2) is 59.6 Å². The lowest BCUT2D eigenvalue weighted by atomic mass is 10.0. The second-order valence-electron chi connectivity index (χ2n) is 4.88. The molecule has 1 rings (SSSR count). The number of rotatable bonds is 8. The van der Waals surface area contributed by atoms with E-state index in [1.54, 1.807) is 0 Å². The Morgan fingerprint density at radius 1 is 1.26 bits per heavy atom. The Hall–Kier alpha value is -0.460. The summed E-state index contributed by atoms with van der Waals surface area (Å²) in [5, 5.41) is 28.6. The summed E-state index contributed by atoms with van der Waals surface area (Å²) in [5.74, 6) is 0. The molecule has 0 aromatic carbocycles. The number of unbranched alkanes of at least 4 members (excludes halogenated alkanes) is 3. The minimum Gasteiger partial charge on any atom is -0.394 e. The standard InChI is InChI=1S/C14H26O5/c1-2-3-4-5-6-7-8-18-14-11(16)10-19-12(9-15)13(14)17/h6-7,11-17H,2-5,8-10H2,1H3/b7-6+/t11-,12+,13+,14+/m1/s1. The first-order valence-electron chi connectivity index (χ1n) is 7.05. The van der Waals surface area contributed by atoms with Gasteiger partial charge >= 0.3 is 0 Å². The van der Waals surface area contributed by atoms with Crippen LogP contribution >= 0.6 is 0 Å². The molecular formula is C14H26O5. The third-order valence-corrected chi connectivity index (χ3v) is 3.28. The molecule has 5 nitrogen and oxygen atoms in total. The second-order valence-corrected chi connectivity index (χ2v) is 4.88. The van der Waals surface area contributed by atoms with Crippen molar-refractivity contribution in [3.63, 3.8) is 0 Å². The lowest BCUT2D eigenvalue weighted by Gasteiger charge is -2.36. The molecule has 0 bridgehead atoms. The fourth-order valence-corrected chi connectivity index (χ4v) is 2.09. The minimum absolute atomic E-state index is 0.0766. The fourth-order valence-electron chi connectivity index (χ4n) is 2.09. The van der Waals surface area contributed by atoms with Gasteiger partial charge in [0.15, 0.2) is 0 Å². The molecule has 1 aliphatic rings. The first kappa shape index (κ1) is 16.6. The third-order valence-electron chi connectivity index (χ3n) is 3.28. The van der Waals surface area contributed by atoms with E-state index in [4.69, 9.17) is 14.6 Å². The molecule has 0 spiro atoms. The van der Waals surface area contributed by atoms with Gasteiger partial charge in [-0.05, 0) is 12.8 Å². The Morgan fingerprint density at radius 3 is 2.74 bits per heavy atom. The second kappa shape index (κ2) is 9.44. The largest absolute Gasteiger partial charge is 0.394 e. The van der Waals surface area contributed by atoms with Crippen LogP contribution in [0.2, 0.25) is 0 Å². The summed E-state index contributed by atoms with van der Waals surface area (Å²) in [6, 6.07) is 0. The molecule has 112 valence electrons. The average Bonchev–Trinajstić information content (AvgIpc) is 2.41. The van der Waals surface area contributed by atoms with Crippen LogP contribution in [0.5, 0.6) is 0 Å². The van der Waals surface area contributed by atoms with Crippen molar-refractivity contribution in [1.29, 1.82) is 0 Å². The number of hydrogen-bond acceptors (Lipinski definition) is 5. The molecule has 19 heavy (non-hydrogen) atoms. The van der Waals surface area contributed by atoms with Crippen LogP contribution in [0, 0.1) is 0 Å². The molecule has 4 atom stereocenters. The van der Waals surface area contributed by atoms with Crippen LogP contribution in [0.3, 0.4) is 0 Å². The highest BCUT2D eigenvalue weighted by Crippen LogP contribution is 2.18. The van der Waals surface area contributed by atoms with Gasteiger partial charge in [-0.15, -0.1) is 0 Å². The predicted octanol–water partition coefficient (Wildman–Crippen LogP) is 0.621. The molecule has 0 saturated carbocycles. The smallest absolute Gasteiger partial charge is 0.114 e. The first-order chi connectivity index (χ1) is 9.20. The minimum atomic E-state index is -0.998. The predicted molar refractivity (Wildman–Crippen MR) is 71.9 cm³/mol. The van der Waals surface area contributed by atoms with E-state index in [1.165, 1.54) is 19.3 Å². The van der Waals surface area contributed by atoms with Gasteiger partial charge in [-0.25, -0.2) is 0 Å². The first-order valence-corrected chi connectivity index (χ1v) is 7.05. The van der Waals surface area contributed by atoms with Gasteiger partial charge in [-0.3, -0.25) is 0 Å². The SMILES string of the molecule is CCCCC/C=C/CO[C@@H]1[C@@H](O)[C@H](CO)OC[C@H]1O. The van der Waals surface area contributed by atoms with Crippen molar-refractivity contribution in [2.45, 2.75) is 57.0 Å². The molecule has 1 fully saturated rings. The van der Waals surface area contributed by atoms with Gasteiger partial charge in [-0.1, -0.05) is 31.9 Å². The lowest BCUT2D eigenvalue weighted by Crippen LogP contribution is -2.55. The molecule has 0 amide bonds. The monoisotopic (exact) mass is 274 g/mol. The number of allylic oxidation sites excluding steroid dienone is 1. The zero-order valence-corrected chi connectivity index (χ0v) is 11.6. The Labute approximate surface area is 114 Å². The van der Waals surface area contributed by atoms with Crippen LogP contribution in [0.1, 0.15) is 32.6 Å². The summed E-state index contributed by atoms with van der Waals surface area (Å²) in [6.45, 7) is 2.31. The summed E-state index contributed by atoms with van der Waals surface area (Å²) in [4.78, 5) is 0. The summed E-state index contributed by atoms with van der Waals surface area (Å²) >= 11 is 0. The quantitative estimate of drug-likeness (QED) is 0.447. The molecular weight excluding hydrogens is 248 g/mol. The van der Waals surface area contributed by atoms with E-state index in [-0.39, 0.29) is 13.2 Å². The molecule has 1 saturated heterocycles. The Balaban J connectivity index is 2.26. The topological polar surface area (TPSA) is 79.2 Å². The van der Waals surface area contributed by atoms with Crippen molar-refractivity contribution in [3.8, 4) is 0 Å². The molecule has 0 aromatic rings. The molecule has 1 heterocycles. The van der Waals surface area contributed by atoms with Gasteiger partial charge in [0.1, 0.15) is 24.4 Å². The van der Waals surface area contributed by atoms with Gasteiger partial charge < -0.3 is 24.8 Å². The van der Waals surface area contributed by atoms with Gasteiger partial charge in [-0.2, -0.15) is 0 Å². The highest BCUT2D eigenvalue weighted by Gasteiger charge is 2.38. The summed E-state index contributed by atoms with van der Waals surface area (Å²) in [5.41, 5.74) is 0. The van der Waals surface area contributed by atoms with E-state index < -0.39 is 24.4 Å². The van der Waals surface area contributed by atoms with Crippen LogP contribution < -0.4 is 0 Å². The Kier molecular flexibility index (Phi) is 8.25. The molecule has 0 radical (unpaired) electrons. The lowest BCUT2D eigenvalue weighted by molar-refractivity contribution is -0.207. The Bertz CT molecular complexity index is 256. The van der Waals surface area contributed by atoms with Crippen molar-refractivity contribution in [1.82, 2.24) is 0 Å². The number of aliphatic hydroxyl groups excluding tert-OH is 3. The van der Waals surface area contributed by atoms with E-state index in [0.717, 1.165) is 6.42 Å². The van der Waals surface area contributed by atoms with E-state index in [0.29, 0.717) is 6.61 Å². The van der Waals surface area contributed by atoms with E-state index in [2.05, 4.69) is 13.0 Å². The van der Waals surface area contributed by atoms with E-state index >= 15 is 0 Å². The molecule has 3 N–H and O–H groups in total. The molecule has 0 unspecified atom stereocenters.